The molecule has 1 N–H and O–H groups in total. The summed E-state index contributed by atoms with van der Waals surface area (Å²) < 4.78 is 15.8. The second-order valence-electron chi connectivity index (χ2n) is 7.56. The molecule has 2 amide bonds. The Morgan fingerprint density at radius 2 is 1.93 bits per heavy atom. The molecule has 1 fully saturated rings. The van der Waals surface area contributed by atoms with Gasteiger partial charge in [0.05, 0.1) is 26.2 Å². The number of ether oxygens (including phenoxy) is 3. The molecule has 0 bridgehead atoms. The lowest BCUT2D eigenvalue weighted by atomic mass is 9.82. The number of imide groups is 1. The van der Waals surface area contributed by atoms with Gasteiger partial charge in [-0.3, -0.25) is 4.79 Å². The van der Waals surface area contributed by atoms with Gasteiger partial charge in [-0.2, -0.15) is 0 Å². The molecule has 0 aliphatic carbocycles. The molecule has 0 spiro atoms. The van der Waals surface area contributed by atoms with Crippen LogP contribution in [0.25, 0.3) is 0 Å². The molecular formula is C23H27NO6. The number of rotatable bonds is 7. The third-order valence-electron chi connectivity index (χ3n) is 5.68. The highest BCUT2D eigenvalue weighted by Crippen LogP contribution is 2.39. The molecule has 1 aliphatic heterocycles. The van der Waals surface area contributed by atoms with Crippen LogP contribution in [0.2, 0.25) is 0 Å². The van der Waals surface area contributed by atoms with E-state index in [-0.39, 0.29) is 6.61 Å². The molecule has 0 aromatic heterocycles. The van der Waals surface area contributed by atoms with Crippen LogP contribution in [0.15, 0.2) is 48.5 Å². The number of amides is 2. The Morgan fingerprint density at radius 3 is 2.57 bits per heavy atom. The van der Waals surface area contributed by atoms with Crippen LogP contribution in [-0.2, 0) is 21.6 Å². The van der Waals surface area contributed by atoms with Gasteiger partial charge in [-0.15, -0.1) is 0 Å². The molecule has 1 saturated heterocycles. The maximum atomic E-state index is 13.3. The summed E-state index contributed by atoms with van der Waals surface area (Å²) in [5.41, 5.74) is -0.164. The average Bonchev–Trinajstić information content (AvgIpc) is 3.12. The van der Waals surface area contributed by atoms with Gasteiger partial charge in [0.15, 0.2) is 0 Å². The predicted molar refractivity (Wildman–Crippen MR) is 110 cm³/mol. The molecule has 2 aromatic rings. The van der Waals surface area contributed by atoms with Crippen LogP contribution in [0, 0.1) is 5.92 Å². The van der Waals surface area contributed by atoms with Gasteiger partial charge in [0.2, 0.25) is 5.91 Å². The first-order valence-corrected chi connectivity index (χ1v) is 9.78. The van der Waals surface area contributed by atoms with Gasteiger partial charge in [-0.1, -0.05) is 37.3 Å². The largest absolute Gasteiger partial charge is 0.497 e. The number of carbonyl (C=O) groups is 2. The van der Waals surface area contributed by atoms with Crippen molar-refractivity contribution in [2.24, 2.45) is 5.92 Å². The molecule has 160 valence electrons. The summed E-state index contributed by atoms with van der Waals surface area (Å²) in [7, 11) is 3.01. The van der Waals surface area contributed by atoms with E-state index in [1.54, 1.807) is 25.1 Å². The van der Waals surface area contributed by atoms with Gasteiger partial charge in [-0.25, -0.2) is 9.69 Å². The van der Waals surface area contributed by atoms with Crippen LogP contribution < -0.4 is 9.47 Å². The van der Waals surface area contributed by atoms with E-state index < -0.39 is 29.6 Å². The van der Waals surface area contributed by atoms with Gasteiger partial charge >= 0.3 is 6.09 Å². The fourth-order valence-corrected chi connectivity index (χ4v) is 3.67. The van der Waals surface area contributed by atoms with E-state index in [2.05, 4.69) is 0 Å². The Kier molecular flexibility index (Phi) is 6.31. The van der Waals surface area contributed by atoms with E-state index in [0.29, 0.717) is 23.5 Å². The number of carbonyl (C=O) groups excluding carboxylic acids is 2. The second kappa shape index (κ2) is 8.75. The van der Waals surface area contributed by atoms with Crippen molar-refractivity contribution in [1.29, 1.82) is 0 Å². The first-order chi connectivity index (χ1) is 14.3. The standard InChI is InChI=1S/C23H27NO6/c1-15(23(2,27)19-11-10-18(28-3)13-20(19)29-4)21(25)24-17(14-30-22(24)26)12-16-8-6-5-7-9-16/h5-11,13,15,17,27H,12,14H2,1-4H3/t15-,17-,23-/m0/s1. The number of hydrogen-bond donors (Lipinski definition) is 1. The summed E-state index contributed by atoms with van der Waals surface area (Å²) in [6.45, 7) is 3.25. The molecule has 7 nitrogen and oxygen atoms in total. The summed E-state index contributed by atoms with van der Waals surface area (Å²) in [6.07, 6.45) is -0.204. The molecule has 0 saturated carbocycles. The maximum absolute atomic E-state index is 13.3. The van der Waals surface area contributed by atoms with E-state index in [9.17, 15) is 14.7 Å². The summed E-state index contributed by atoms with van der Waals surface area (Å²) in [4.78, 5) is 26.8. The monoisotopic (exact) mass is 413 g/mol. The molecule has 7 heteroatoms. The number of aliphatic hydroxyl groups is 1. The molecular weight excluding hydrogens is 386 g/mol. The Balaban J connectivity index is 1.86. The van der Waals surface area contributed by atoms with Gasteiger partial charge in [0, 0.05) is 11.6 Å². The lowest BCUT2D eigenvalue weighted by Crippen LogP contribution is -2.48. The highest BCUT2D eigenvalue weighted by Gasteiger charge is 2.46. The van der Waals surface area contributed by atoms with Crippen molar-refractivity contribution in [3.05, 3.63) is 59.7 Å². The third kappa shape index (κ3) is 4.11. The lowest BCUT2D eigenvalue weighted by molar-refractivity contribution is -0.141. The average molecular weight is 413 g/mol. The third-order valence-corrected chi connectivity index (χ3v) is 5.68. The predicted octanol–water partition coefficient (Wildman–Crippen LogP) is 3.14. The van der Waals surface area contributed by atoms with Crippen LogP contribution in [-0.4, -0.2) is 48.9 Å². The Hall–Kier alpha value is -3.06. The van der Waals surface area contributed by atoms with Crippen LogP contribution >= 0.6 is 0 Å². The maximum Gasteiger partial charge on any atom is 0.416 e. The van der Waals surface area contributed by atoms with Gasteiger partial charge in [-0.05, 0) is 31.0 Å². The molecule has 0 unspecified atom stereocenters. The normalized spacial score (nSPS) is 19.0. The van der Waals surface area contributed by atoms with Crippen LogP contribution in [0.3, 0.4) is 0 Å². The molecule has 1 aliphatic rings. The topological polar surface area (TPSA) is 85.3 Å². The van der Waals surface area contributed by atoms with Crippen molar-refractivity contribution in [3.63, 3.8) is 0 Å². The zero-order chi connectivity index (χ0) is 21.9. The first-order valence-electron chi connectivity index (χ1n) is 9.78. The summed E-state index contributed by atoms with van der Waals surface area (Å²) >= 11 is 0. The first kappa shape index (κ1) is 21.6. The van der Waals surface area contributed by atoms with E-state index in [4.69, 9.17) is 14.2 Å². The Labute approximate surface area is 176 Å². The Morgan fingerprint density at radius 1 is 1.23 bits per heavy atom. The van der Waals surface area contributed by atoms with E-state index in [0.717, 1.165) is 10.5 Å². The van der Waals surface area contributed by atoms with Crippen LogP contribution in [0.1, 0.15) is 25.0 Å². The van der Waals surface area contributed by atoms with Crippen molar-refractivity contribution in [1.82, 2.24) is 4.90 Å². The molecule has 3 atom stereocenters. The number of nitrogens with zero attached hydrogens (tertiary/aromatic N) is 1. The molecule has 0 radical (unpaired) electrons. The quantitative estimate of drug-likeness (QED) is 0.751. The van der Waals surface area contributed by atoms with E-state index >= 15 is 0 Å². The highest BCUT2D eigenvalue weighted by molar-refractivity contribution is 5.95. The van der Waals surface area contributed by atoms with Crippen molar-refractivity contribution in [3.8, 4) is 11.5 Å². The summed E-state index contributed by atoms with van der Waals surface area (Å²) in [5, 5.41) is 11.3. The fraction of sp³-hybridized carbons (Fsp3) is 0.391. The number of hydrogen-bond acceptors (Lipinski definition) is 6. The fourth-order valence-electron chi connectivity index (χ4n) is 3.67. The SMILES string of the molecule is COc1ccc([C@@](C)(O)[C@@H](C)C(=O)N2C(=O)OC[C@@H]2Cc2ccccc2)c(OC)c1. The molecule has 1 heterocycles. The summed E-state index contributed by atoms with van der Waals surface area (Å²) in [5.74, 6) is -0.467. The van der Waals surface area contributed by atoms with E-state index in [1.165, 1.54) is 21.1 Å². The van der Waals surface area contributed by atoms with Gasteiger partial charge in [0.1, 0.15) is 23.7 Å². The summed E-state index contributed by atoms with van der Waals surface area (Å²) in [6, 6.07) is 14.2. The molecule has 3 rings (SSSR count). The minimum atomic E-state index is -1.59. The molecule has 2 aromatic carbocycles. The minimum Gasteiger partial charge on any atom is -0.497 e. The Bertz CT molecular complexity index is 911. The zero-order valence-electron chi connectivity index (χ0n) is 17.6. The van der Waals surface area contributed by atoms with Crippen molar-refractivity contribution in [2.75, 3.05) is 20.8 Å². The van der Waals surface area contributed by atoms with Gasteiger partial charge < -0.3 is 19.3 Å². The van der Waals surface area contributed by atoms with E-state index in [1.807, 2.05) is 30.3 Å². The van der Waals surface area contributed by atoms with Gasteiger partial charge in [0.25, 0.3) is 0 Å². The van der Waals surface area contributed by atoms with Crippen molar-refractivity contribution in [2.45, 2.75) is 31.9 Å². The number of benzene rings is 2. The van der Waals surface area contributed by atoms with Crippen molar-refractivity contribution >= 4 is 12.0 Å². The molecule has 30 heavy (non-hydrogen) atoms. The smallest absolute Gasteiger partial charge is 0.416 e. The lowest BCUT2D eigenvalue weighted by Gasteiger charge is -2.33. The number of methoxy groups -OCH3 is 2. The highest BCUT2D eigenvalue weighted by atomic mass is 16.6. The number of cyclic esters (lactones) is 1. The van der Waals surface area contributed by atoms with Crippen LogP contribution in [0.5, 0.6) is 11.5 Å². The van der Waals surface area contributed by atoms with Crippen molar-refractivity contribution < 1.29 is 28.9 Å². The second-order valence-corrected chi connectivity index (χ2v) is 7.56. The minimum absolute atomic E-state index is 0.125. The van der Waals surface area contributed by atoms with Crippen LogP contribution in [0.4, 0.5) is 4.79 Å². The zero-order valence-corrected chi connectivity index (χ0v) is 17.6.